The number of anilines is 1. The van der Waals surface area contributed by atoms with Crippen LogP contribution in [-0.4, -0.2) is 11.5 Å². The van der Waals surface area contributed by atoms with E-state index < -0.39 is 11.7 Å². The van der Waals surface area contributed by atoms with Crippen molar-refractivity contribution in [2.75, 3.05) is 11.9 Å². The largest absolute Gasteiger partial charge is 0.416 e. The van der Waals surface area contributed by atoms with Crippen molar-refractivity contribution in [3.05, 3.63) is 36.0 Å². The van der Waals surface area contributed by atoms with E-state index in [1.807, 2.05) is 0 Å². The molecule has 2 rings (SSSR count). The van der Waals surface area contributed by atoms with Gasteiger partial charge in [0.25, 0.3) is 0 Å². The number of thiazole rings is 1. The molecule has 0 spiro atoms. The summed E-state index contributed by atoms with van der Waals surface area (Å²) in [4.78, 5) is 4.91. The van der Waals surface area contributed by atoms with Crippen LogP contribution in [0.2, 0.25) is 0 Å². The van der Waals surface area contributed by atoms with Gasteiger partial charge in [0.2, 0.25) is 0 Å². The molecular weight excluding hydrogens is 285 g/mol. The molecule has 0 aliphatic rings. The molecule has 20 heavy (non-hydrogen) atoms. The van der Waals surface area contributed by atoms with Gasteiger partial charge in [-0.2, -0.15) is 13.2 Å². The molecule has 0 amide bonds. The fraction of sp³-hybridized carbons (Fsp3) is 0.357. The third-order valence-corrected chi connectivity index (χ3v) is 3.65. The van der Waals surface area contributed by atoms with Crippen LogP contribution in [0.3, 0.4) is 0 Å². The van der Waals surface area contributed by atoms with Crippen LogP contribution in [0, 0.1) is 5.92 Å². The van der Waals surface area contributed by atoms with Crippen molar-refractivity contribution in [1.29, 1.82) is 0 Å². The van der Waals surface area contributed by atoms with Gasteiger partial charge in [-0.15, -0.1) is 0 Å². The van der Waals surface area contributed by atoms with Crippen LogP contribution in [0.4, 0.5) is 18.3 Å². The Morgan fingerprint density at radius 1 is 1.30 bits per heavy atom. The molecule has 1 aromatic carbocycles. The Morgan fingerprint density at radius 3 is 2.70 bits per heavy atom. The SMILES string of the molecule is CC(C)CNc1ncc(-c2cccc(C(F)(F)F)c2)s1. The van der Waals surface area contributed by atoms with Crippen LogP contribution in [0.15, 0.2) is 30.5 Å². The van der Waals surface area contributed by atoms with E-state index in [1.54, 1.807) is 12.3 Å². The molecule has 1 heterocycles. The maximum Gasteiger partial charge on any atom is 0.416 e. The first-order valence-corrected chi connectivity index (χ1v) is 7.05. The number of nitrogens with one attached hydrogen (secondary N) is 1. The van der Waals surface area contributed by atoms with E-state index in [0.29, 0.717) is 11.5 Å². The number of hydrogen-bond donors (Lipinski definition) is 1. The van der Waals surface area contributed by atoms with Crippen molar-refractivity contribution in [3.63, 3.8) is 0 Å². The Kier molecular flexibility index (Phi) is 4.32. The molecule has 0 atom stereocenters. The monoisotopic (exact) mass is 300 g/mol. The lowest BCUT2D eigenvalue weighted by Crippen LogP contribution is -2.07. The Bertz CT molecular complexity index is 576. The quantitative estimate of drug-likeness (QED) is 0.869. The zero-order chi connectivity index (χ0) is 14.8. The van der Waals surface area contributed by atoms with Gasteiger partial charge < -0.3 is 5.32 Å². The topological polar surface area (TPSA) is 24.9 Å². The molecule has 0 fully saturated rings. The van der Waals surface area contributed by atoms with Crippen molar-refractivity contribution in [2.24, 2.45) is 5.92 Å². The fourth-order valence-corrected chi connectivity index (χ4v) is 2.45. The van der Waals surface area contributed by atoms with Crippen LogP contribution >= 0.6 is 11.3 Å². The molecule has 1 N–H and O–H groups in total. The number of benzene rings is 1. The van der Waals surface area contributed by atoms with Crippen molar-refractivity contribution >= 4 is 16.5 Å². The summed E-state index contributed by atoms with van der Waals surface area (Å²) in [5, 5.41) is 3.89. The summed E-state index contributed by atoms with van der Waals surface area (Å²) in [7, 11) is 0. The van der Waals surface area contributed by atoms with Gasteiger partial charge in [0.1, 0.15) is 0 Å². The van der Waals surface area contributed by atoms with Crippen LogP contribution in [0.5, 0.6) is 0 Å². The summed E-state index contributed by atoms with van der Waals surface area (Å²) >= 11 is 1.36. The minimum atomic E-state index is -4.32. The maximum absolute atomic E-state index is 12.7. The second-order valence-corrected chi connectivity index (χ2v) is 5.91. The van der Waals surface area contributed by atoms with E-state index in [2.05, 4.69) is 24.1 Å². The highest BCUT2D eigenvalue weighted by molar-refractivity contribution is 7.18. The van der Waals surface area contributed by atoms with Gasteiger partial charge in [-0.1, -0.05) is 37.3 Å². The van der Waals surface area contributed by atoms with E-state index in [4.69, 9.17) is 0 Å². The average Bonchev–Trinajstić information content (AvgIpc) is 2.84. The summed E-state index contributed by atoms with van der Waals surface area (Å²) in [5.41, 5.74) is -0.102. The van der Waals surface area contributed by atoms with Crippen molar-refractivity contribution in [1.82, 2.24) is 4.98 Å². The molecule has 0 bridgehead atoms. The third-order valence-electron chi connectivity index (χ3n) is 2.64. The van der Waals surface area contributed by atoms with Gasteiger partial charge >= 0.3 is 6.18 Å². The van der Waals surface area contributed by atoms with E-state index >= 15 is 0 Å². The van der Waals surface area contributed by atoms with Crippen molar-refractivity contribution < 1.29 is 13.2 Å². The van der Waals surface area contributed by atoms with Gasteiger partial charge in [-0.05, 0) is 23.6 Å². The summed E-state index contributed by atoms with van der Waals surface area (Å²) < 4.78 is 38.0. The van der Waals surface area contributed by atoms with Gasteiger partial charge in [0.15, 0.2) is 5.13 Å². The molecule has 0 radical (unpaired) electrons. The average molecular weight is 300 g/mol. The Morgan fingerprint density at radius 2 is 2.05 bits per heavy atom. The molecule has 0 aliphatic carbocycles. The van der Waals surface area contributed by atoms with E-state index in [-0.39, 0.29) is 0 Å². The standard InChI is InChI=1S/C14H15F3N2S/c1-9(2)7-18-13-19-8-12(20-13)10-4-3-5-11(6-10)14(15,16)17/h3-6,8-9H,7H2,1-2H3,(H,18,19). The highest BCUT2D eigenvalue weighted by atomic mass is 32.1. The lowest BCUT2D eigenvalue weighted by Gasteiger charge is -2.07. The molecular formula is C14H15F3N2S. The summed E-state index contributed by atoms with van der Waals surface area (Å²) in [5.74, 6) is 0.482. The number of aromatic nitrogens is 1. The van der Waals surface area contributed by atoms with Crippen molar-refractivity contribution in [2.45, 2.75) is 20.0 Å². The number of nitrogens with zero attached hydrogens (tertiary/aromatic N) is 1. The van der Waals surface area contributed by atoms with Crippen LogP contribution in [0.25, 0.3) is 10.4 Å². The molecule has 2 aromatic rings. The van der Waals surface area contributed by atoms with Gasteiger partial charge in [0, 0.05) is 12.7 Å². The number of rotatable bonds is 4. The predicted octanol–water partition coefficient (Wildman–Crippen LogP) is 4.90. The zero-order valence-electron chi connectivity index (χ0n) is 11.2. The highest BCUT2D eigenvalue weighted by Gasteiger charge is 2.30. The smallest absolute Gasteiger partial charge is 0.361 e. The van der Waals surface area contributed by atoms with Gasteiger partial charge in [-0.25, -0.2) is 4.98 Å². The molecule has 0 unspecified atom stereocenters. The summed E-state index contributed by atoms with van der Waals surface area (Å²) in [6, 6.07) is 5.30. The van der Waals surface area contributed by atoms with Crippen LogP contribution < -0.4 is 5.32 Å². The lowest BCUT2D eigenvalue weighted by molar-refractivity contribution is -0.137. The van der Waals surface area contributed by atoms with Gasteiger partial charge in [-0.3, -0.25) is 0 Å². The Hall–Kier alpha value is -1.56. The summed E-state index contributed by atoms with van der Waals surface area (Å²) in [6.45, 7) is 4.94. The van der Waals surface area contributed by atoms with Gasteiger partial charge in [0.05, 0.1) is 10.4 Å². The first kappa shape index (κ1) is 14.8. The molecule has 6 heteroatoms. The molecule has 0 aliphatic heterocycles. The first-order chi connectivity index (χ1) is 9.36. The summed E-state index contributed by atoms with van der Waals surface area (Å²) in [6.07, 6.45) is -2.72. The molecule has 108 valence electrons. The molecule has 1 aromatic heterocycles. The number of hydrogen-bond acceptors (Lipinski definition) is 3. The lowest BCUT2D eigenvalue weighted by atomic mass is 10.1. The first-order valence-electron chi connectivity index (χ1n) is 6.23. The van der Waals surface area contributed by atoms with Crippen molar-refractivity contribution in [3.8, 4) is 10.4 Å². The third kappa shape index (κ3) is 3.72. The fourth-order valence-electron chi connectivity index (χ4n) is 1.63. The molecule has 2 nitrogen and oxygen atoms in total. The van der Waals surface area contributed by atoms with E-state index in [0.717, 1.165) is 28.7 Å². The van der Waals surface area contributed by atoms with E-state index in [9.17, 15) is 13.2 Å². The molecule has 0 saturated heterocycles. The predicted molar refractivity (Wildman–Crippen MR) is 75.9 cm³/mol. The minimum Gasteiger partial charge on any atom is -0.361 e. The second kappa shape index (κ2) is 5.83. The van der Waals surface area contributed by atoms with Crippen LogP contribution in [-0.2, 0) is 6.18 Å². The van der Waals surface area contributed by atoms with E-state index in [1.165, 1.54) is 17.4 Å². The Labute approximate surface area is 119 Å². The number of halogens is 3. The zero-order valence-corrected chi connectivity index (χ0v) is 12.0. The highest BCUT2D eigenvalue weighted by Crippen LogP contribution is 2.34. The van der Waals surface area contributed by atoms with Crippen LogP contribution in [0.1, 0.15) is 19.4 Å². The maximum atomic E-state index is 12.7. The number of alkyl halides is 3. The minimum absolute atomic E-state index is 0.482. The molecule has 0 saturated carbocycles. The Balaban J connectivity index is 2.20. The normalized spacial score (nSPS) is 11.9. The second-order valence-electron chi connectivity index (χ2n) is 4.88.